The third-order valence-electron chi connectivity index (χ3n) is 8.02. The summed E-state index contributed by atoms with van der Waals surface area (Å²) in [5, 5.41) is 13.5. The molecule has 4 unspecified atom stereocenters. The number of nitrogens with zero attached hydrogens (tertiary/aromatic N) is 8. The molecule has 16 heteroatoms. The van der Waals surface area contributed by atoms with Crippen LogP contribution in [-0.4, -0.2) is 135 Å². The third-order valence-corrected chi connectivity index (χ3v) is 8.02. The summed E-state index contributed by atoms with van der Waals surface area (Å²) in [6.07, 6.45) is -0.862. The smallest absolute Gasteiger partial charge is 0.229 e. The van der Waals surface area contributed by atoms with E-state index >= 15 is 0 Å². The zero-order valence-electron chi connectivity index (χ0n) is 23.8. The fourth-order valence-corrected chi connectivity index (χ4v) is 5.68. The van der Waals surface area contributed by atoms with Crippen molar-refractivity contribution in [2.75, 3.05) is 115 Å². The van der Waals surface area contributed by atoms with Gasteiger partial charge in [0.05, 0.1) is 26.4 Å². The zero-order valence-corrected chi connectivity index (χ0v) is 23.8. The van der Waals surface area contributed by atoms with Crippen LogP contribution in [0, 0.1) is 0 Å². The van der Waals surface area contributed by atoms with E-state index in [4.69, 9.17) is 48.9 Å². The maximum absolute atomic E-state index is 6.00. The molecule has 228 valence electrons. The summed E-state index contributed by atoms with van der Waals surface area (Å²) in [4.78, 5) is 33.5. The van der Waals surface area contributed by atoms with Gasteiger partial charge in [-0.25, -0.2) is 9.97 Å². The van der Waals surface area contributed by atoms with Crippen molar-refractivity contribution < 1.29 is 18.9 Å². The molecule has 0 aliphatic carbocycles. The summed E-state index contributed by atoms with van der Waals surface area (Å²) >= 11 is 0. The second-order valence-electron chi connectivity index (χ2n) is 10.9. The van der Waals surface area contributed by atoms with Crippen LogP contribution in [0.15, 0.2) is 0 Å². The summed E-state index contributed by atoms with van der Waals surface area (Å²) in [5.41, 5.74) is 0. The topological polar surface area (TPSA) is 169 Å². The van der Waals surface area contributed by atoms with E-state index in [1.165, 1.54) is 0 Å². The average molecular weight is 585 g/mol. The number of hydrogen-bond acceptors (Lipinski definition) is 16. The van der Waals surface area contributed by atoms with Gasteiger partial charge in [0, 0.05) is 78.5 Å². The first-order valence-corrected chi connectivity index (χ1v) is 15.1. The van der Waals surface area contributed by atoms with Crippen LogP contribution in [0.3, 0.4) is 0 Å². The largest absolute Gasteiger partial charge is 0.368 e. The molecule has 5 aliphatic rings. The first kappa shape index (κ1) is 28.1. The molecular weight excluding hydrogens is 544 g/mol. The van der Waals surface area contributed by atoms with Gasteiger partial charge in [0.15, 0.2) is 23.3 Å². The molecule has 0 amide bonds. The molecule has 7 heterocycles. The van der Waals surface area contributed by atoms with Crippen molar-refractivity contribution in [3.8, 4) is 0 Å². The van der Waals surface area contributed by atoms with Crippen molar-refractivity contribution >= 4 is 11.9 Å². The number of ether oxygens (including phenoxy) is 4. The van der Waals surface area contributed by atoms with Gasteiger partial charge in [-0.2, -0.15) is 19.9 Å². The second kappa shape index (κ2) is 13.3. The molecule has 2 aromatic rings. The molecule has 0 aromatic carbocycles. The molecule has 5 saturated heterocycles. The van der Waals surface area contributed by atoms with Crippen molar-refractivity contribution in [1.29, 1.82) is 0 Å². The summed E-state index contributed by atoms with van der Waals surface area (Å²) in [5.74, 6) is 3.89. The molecule has 7 rings (SSSR count). The predicted molar refractivity (Wildman–Crippen MR) is 150 cm³/mol. The quantitative estimate of drug-likeness (QED) is 0.295. The van der Waals surface area contributed by atoms with Crippen LogP contribution in [0.1, 0.15) is 47.7 Å². The minimum atomic E-state index is -0.216. The summed E-state index contributed by atoms with van der Waals surface area (Å²) < 4.78 is 24.0. The minimum Gasteiger partial charge on any atom is -0.368 e. The van der Waals surface area contributed by atoms with E-state index in [0.717, 1.165) is 26.2 Å². The number of morpholine rings is 4. The Labute approximate surface area is 244 Å². The highest BCUT2D eigenvalue weighted by molar-refractivity contribution is 5.38. The van der Waals surface area contributed by atoms with Gasteiger partial charge in [0.2, 0.25) is 11.9 Å². The first-order chi connectivity index (χ1) is 20.8. The number of hydrogen-bond donors (Lipinski definition) is 4. The number of nitrogens with one attached hydrogen (secondary N) is 4. The van der Waals surface area contributed by atoms with Crippen LogP contribution in [0.25, 0.3) is 0 Å². The van der Waals surface area contributed by atoms with Gasteiger partial charge >= 0.3 is 0 Å². The molecule has 4 atom stereocenters. The molecule has 16 nitrogen and oxygen atoms in total. The molecule has 0 spiro atoms. The standard InChI is InChI=1S/C26H40N12O4/c1-9-39-17(13-27-1)21-31-22(18-14-28-2-10-40-18)34-25(33-21)37-5-7-38(8-6-37)26-35-23(19-15-29-3-11-41-19)32-24(36-26)20-16-30-4-12-42-20/h17-20,27-30H,1-16H2. The lowest BCUT2D eigenvalue weighted by molar-refractivity contribution is 0.0139. The number of rotatable bonds is 6. The van der Waals surface area contributed by atoms with Crippen molar-refractivity contribution in [2.45, 2.75) is 24.4 Å². The van der Waals surface area contributed by atoms with Gasteiger partial charge in [-0.3, -0.25) is 0 Å². The molecule has 5 aliphatic heterocycles. The van der Waals surface area contributed by atoms with Gasteiger partial charge in [0.1, 0.15) is 24.4 Å². The van der Waals surface area contributed by atoms with Gasteiger partial charge in [-0.15, -0.1) is 0 Å². The summed E-state index contributed by atoms with van der Waals surface area (Å²) in [7, 11) is 0. The number of anilines is 2. The maximum atomic E-state index is 6.00. The van der Waals surface area contributed by atoms with E-state index in [1.807, 2.05) is 0 Å². The number of piperazine rings is 1. The van der Waals surface area contributed by atoms with E-state index in [1.54, 1.807) is 0 Å². The van der Waals surface area contributed by atoms with E-state index in [0.29, 0.717) is 114 Å². The molecule has 0 saturated carbocycles. The third kappa shape index (κ3) is 6.45. The lowest BCUT2D eigenvalue weighted by Crippen LogP contribution is -2.48. The van der Waals surface area contributed by atoms with Gasteiger partial charge in [-0.1, -0.05) is 0 Å². The van der Waals surface area contributed by atoms with Crippen LogP contribution >= 0.6 is 0 Å². The lowest BCUT2D eigenvalue weighted by atomic mass is 10.2. The van der Waals surface area contributed by atoms with E-state index in [9.17, 15) is 0 Å². The lowest BCUT2D eigenvalue weighted by Gasteiger charge is -2.36. The average Bonchev–Trinajstić information content (AvgIpc) is 3.09. The minimum absolute atomic E-state index is 0.216. The Morgan fingerprint density at radius 1 is 0.429 bits per heavy atom. The molecular formula is C26H40N12O4. The fraction of sp³-hybridized carbons (Fsp3) is 0.769. The van der Waals surface area contributed by atoms with Crippen LogP contribution in [0.5, 0.6) is 0 Å². The Bertz CT molecular complexity index is 1010. The molecule has 5 fully saturated rings. The van der Waals surface area contributed by atoms with E-state index in [-0.39, 0.29) is 24.4 Å². The van der Waals surface area contributed by atoms with Gasteiger partial charge < -0.3 is 50.0 Å². The Morgan fingerprint density at radius 2 is 0.714 bits per heavy atom. The summed E-state index contributed by atoms with van der Waals surface area (Å²) in [6, 6.07) is 0. The normalized spacial score (nSPS) is 29.4. The highest BCUT2D eigenvalue weighted by Gasteiger charge is 2.30. The Kier molecular flexibility index (Phi) is 8.90. The highest BCUT2D eigenvalue weighted by Crippen LogP contribution is 2.26. The van der Waals surface area contributed by atoms with Gasteiger partial charge in [-0.05, 0) is 0 Å². The van der Waals surface area contributed by atoms with Crippen molar-refractivity contribution in [2.24, 2.45) is 0 Å². The monoisotopic (exact) mass is 584 g/mol. The fourth-order valence-electron chi connectivity index (χ4n) is 5.68. The zero-order chi connectivity index (χ0) is 28.1. The van der Waals surface area contributed by atoms with Crippen molar-refractivity contribution in [1.82, 2.24) is 51.2 Å². The van der Waals surface area contributed by atoms with E-state index in [2.05, 4.69) is 31.1 Å². The molecule has 4 N–H and O–H groups in total. The molecule has 0 radical (unpaired) electrons. The molecule has 2 aromatic heterocycles. The number of aromatic nitrogens is 6. The van der Waals surface area contributed by atoms with E-state index < -0.39 is 0 Å². The highest BCUT2D eigenvalue weighted by atomic mass is 16.5. The van der Waals surface area contributed by atoms with Crippen molar-refractivity contribution in [3.63, 3.8) is 0 Å². The van der Waals surface area contributed by atoms with Crippen molar-refractivity contribution in [3.05, 3.63) is 23.3 Å². The Balaban J connectivity index is 1.11. The Morgan fingerprint density at radius 3 is 0.952 bits per heavy atom. The van der Waals surface area contributed by atoms with Crippen LogP contribution in [0.2, 0.25) is 0 Å². The maximum Gasteiger partial charge on any atom is 0.229 e. The molecule has 0 bridgehead atoms. The SMILES string of the molecule is C1COC(c2nc(C3CNCCO3)nc(N3CCN(c4nc(C5CNCCO5)nc(C5CNCCO5)n4)CC3)n2)CN1. The summed E-state index contributed by atoms with van der Waals surface area (Å²) in [6.45, 7) is 11.3. The van der Waals surface area contributed by atoms with Gasteiger partial charge in [0.25, 0.3) is 0 Å². The van der Waals surface area contributed by atoms with Crippen LogP contribution in [-0.2, 0) is 18.9 Å². The first-order valence-electron chi connectivity index (χ1n) is 15.1. The van der Waals surface area contributed by atoms with Crippen LogP contribution in [0.4, 0.5) is 11.9 Å². The van der Waals surface area contributed by atoms with Crippen LogP contribution < -0.4 is 31.1 Å². The molecule has 42 heavy (non-hydrogen) atoms. The Hall–Kier alpha value is -2.70. The second-order valence-corrected chi connectivity index (χ2v) is 10.9. The predicted octanol–water partition coefficient (Wildman–Crippen LogP) is -1.97.